The summed E-state index contributed by atoms with van der Waals surface area (Å²) in [5, 5.41) is 0. The van der Waals surface area contributed by atoms with Crippen LogP contribution < -0.4 is 10.6 Å². The molecule has 0 saturated carbocycles. The zero-order valence-corrected chi connectivity index (χ0v) is 11.6. The summed E-state index contributed by atoms with van der Waals surface area (Å²) in [5.74, 6) is -0.383. The predicted molar refractivity (Wildman–Crippen MR) is 77.1 cm³/mol. The molecule has 2 nitrogen and oxygen atoms in total. The molecule has 0 atom stereocenters. The van der Waals surface area contributed by atoms with Gasteiger partial charge in [0.1, 0.15) is 5.82 Å². The van der Waals surface area contributed by atoms with E-state index in [9.17, 15) is 4.39 Å². The minimum absolute atomic E-state index is 0.174. The lowest BCUT2D eigenvalue weighted by molar-refractivity contribution is 0.632. The number of halogens is 2. The zero-order valence-electron chi connectivity index (χ0n) is 10.0. The van der Waals surface area contributed by atoms with Crippen LogP contribution in [0.5, 0.6) is 0 Å². The molecule has 2 aromatic rings. The van der Waals surface area contributed by atoms with Gasteiger partial charge in [0.2, 0.25) is 0 Å². The van der Waals surface area contributed by atoms with Crippen molar-refractivity contribution in [1.82, 2.24) is 0 Å². The average molecular weight is 309 g/mol. The summed E-state index contributed by atoms with van der Waals surface area (Å²) in [4.78, 5) is 1.97. The van der Waals surface area contributed by atoms with Gasteiger partial charge in [-0.05, 0) is 29.8 Å². The first kappa shape index (κ1) is 12.9. The van der Waals surface area contributed by atoms with Crippen molar-refractivity contribution in [2.45, 2.75) is 6.54 Å². The Morgan fingerprint density at radius 3 is 2.61 bits per heavy atom. The lowest BCUT2D eigenvalue weighted by atomic mass is 10.2. The number of hydrogen-bond acceptors (Lipinski definition) is 2. The van der Waals surface area contributed by atoms with Gasteiger partial charge in [-0.15, -0.1) is 0 Å². The molecule has 0 bridgehead atoms. The lowest BCUT2D eigenvalue weighted by Gasteiger charge is -2.20. The number of hydrogen-bond donors (Lipinski definition) is 1. The van der Waals surface area contributed by atoms with E-state index in [0.717, 1.165) is 15.7 Å². The quantitative estimate of drug-likeness (QED) is 0.874. The highest BCUT2D eigenvalue weighted by molar-refractivity contribution is 9.10. The minimum atomic E-state index is -0.383. The van der Waals surface area contributed by atoms with Crippen LogP contribution in [0, 0.1) is 5.82 Å². The van der Waals surface area contributed by atoms with Crippen molar-refractivity contribution in [3.8, 4) is 0 Å². The highest BCUT2D eigenvalue weighted by Gasteiger charge is 2.07. The molecule has 0 aliphatic heterocycles. The van der Waals surface area contributed by atoms with Gasteiger partial charge in [-0.2, -0.15) is 0 Å². The van der Waals surface area contributed by atoms with Crippen LogP contribution in [0.1, 0.15) is 5.56 Å². The second-order valence-electron chi connectivity index (χ2n) is 4.15. The Bertz CT molecular complexity index is 557. The van der Waals surface area contributed by atoms with Gasteiger partial charge in [0.05, 0.1) is 5.69 Å². The van der Waals surface area contributed by atoms with Gasteiger partial charge in [-0.1, -0.05) is 34.1 Å². The van der Waals surface area contributed by atoms with Crippen LogP contribution in [-0.2, 0) is 6.54 Å². The fourth-order valence-corrected chi connectivity index (χ4v) is 2.14. The first-order valence-corrected chi connectivity index (χ1v) is 6.37. The molecule has 0 aromatic heterocycles. The molecule has 0 saturated heterocycles. The molecule has 4 heteroatoms. The van der Waals surface area contributed by atoms with Crippen LogP contribution in [-0.4, -0.2) is 7.05 Å². The first-order chi connectivity index (χ1) is 8.58. The van der Waals surface area contributed by atoms with E-state index in [1.165, 1.54) is 6.07 Å². The van der Waals surface area contributed by atoms with Crippen molar-refractivity contribution in [1.29, 1.82) is 0 Å². The highest BCUT2D eigenvalue weighted by Crippen LogP contribution is 2.23. The number of nitrogen functional groups attached to an aromatic ring is 1. The number of rotatable bonds is 3. The molecule has 0 radical (unpaired) electrons. The third-order valence-electron chi connectivity index (χ3n) is 2.79. The topological polar surface area (TPSA) is 29.3 Å². The summed E-state index contributed by atoms with van der Waals surface area (Å²) in [6.45, 7) is 0.699. The van der Waals surface area contributed by atoms with E-state index in [4.69, 9.17) is 5.73 Å². The summed E-state index contributed by atoms with van der Waals surface area (Å²) in [7, 11) is 1.92. The molecule has 18 heavy (non-hydrogen) atoms. The number of nitrogens with zero attached hydrogens (tertiary/aromatic N) is 1. The molecule has 0 heterocycles. The maximum Gasteiger partial charge on any atom is 0.148 e. The SMILES string of the molecule is CN(Cc1ccccc1Br)c1ccc(N)c(F)c1. The van der Waals surface area contributed by atoms with E-state index >= 15 is 0 Å². The van der Waals surface area contributed by atoms with E-state index in [-0.39, 0.29) is 11.5 Å². The van der Waals surface area contributed by atoms with Crippen LogP contribution in [0.2, 0.25) is 0 Å². The van der Waals surface area contributed by atoms with Gasteiger partial charge in [0.25, 0.3) is 0 Å². The second-order valence-corrected chi connectivity index (χ2v) is 5.01. The standard InChI is InChI=1S/C14H14BrFN2/c1-18(9-10-4-2-3-5-12(10)15)11-6-7-14(17)13(16)8-11/h2-8H,9,17H2,1H3. The Hall–Kier alpha value is -1.55. The van der Waals surface area contributed by atoms with Gasteiger partial charge >= 0.3 is 0 Å². The van der Waals surface area contributed by atoms with E-state index in [1.807, 2.05) is 42.3 Å². The van der Waals surface area contributed by atoms with E-state index in [0.29, 0.717) is 6.54 Å². The predicted octanol–water partition coefficient (Wildman–Crippen LogP) is 3.81. The summed E-state index contributed by atoms with van der Waals surface area (Å²) in [6, 6.07) is 12.8. The number of nitrogens with two attached hydrogens (primary N) is 1. The normalized spacial score (nSPS) is 10.4. The molecule has 0 fully saturated rings. The molecule has 2 N–H and O–H groups in total. The van der Waals surface area contributed by atoms with Crippen LogP contribution in [0.4, 0.5) is 15.8 Å². The molecule has 0 aliphatic carbocycles. The maximum atomic E-state index is 13.4. The highest BCUT2D eigenvalue weighted by atomic mass is 79.9. The molecular weight excluding hydrogens is 295 g/mol. The summed E-state index contributed by atoms with van der Waals surface area (Å²) >= 11 is 3.50. The third kappa shape index (κ3) is 2.82. The van der Waals surface area contributed by atoms with Crippen molar-refractivity contribution in [3.63, 3.8) is 0 Å². The maximum absolute atomic E-state index is 13.4. The molecule has 0 aliphatic rings. The summed E-state index contributed by atoms with van der Waals surface area (Å²) < 4.78 is 14.4. The number of benzene rings is 2. The van der Waals surface area contributed by atoms with Crippen LogP contribution in [0.15, 0.2) is 46.9 Å². The van der Waals surface area contributed by atoms with Crippen LogP contribution in [0.25, 0.3) is 0 Å². The zero-order chi connectivity index (χ0) is 13.1. The Balaban J connectivity index is 2.19. The smallest absolute Gasteiger partial charge is 0.148 e. The fourth-order valence-electron chi connectivity index (χ4n) is 1.73. The largest absolute Gasteiger partial charge is 0.396 e. The van der Waals surface area contributed by atoms with Gasteiger partial charge in [0, 0.05) is 23.8 Å². The molecular formula is C14H14BrFN2. The van der Waals surface area contributed by atoms with Crippen LogP contribution in [0.3, 0.4) is 0 Å². The van der Waals surface area contributed by atoms with Crippen molar-refractivity contribution < 1.29 is 4.39 Å². The van der Waals surface area contributed by atoms with Gasteiger partial charge in [0.15, 0.2) is 0 Å². The number of anilines is 2. The summed E-state index contributed by atoms with van der Waals surface area (Å²) in [6.07, 6.45) is 0. The van der Waals surface area contributed by atoms with E-state index < -0.39 is 0 Å². The van der Waals surface area contributed by atoms with Gasteiger partial charge in [-0.25, -0.2) is 4.39 Å². The molecule has 0 spiro atoms. The molecule has 94 valence electrons. The monoisotopic (exact) mass is 308 g/mol. The van der Waals surface area contributed by atoms with Gasteiger partial charge < -0.3 is 10.6 Å². The Morgan fingerprint density at radius 1 is 1.22 bits per heavy atom. The average Bonchev–Trinajstić information content (AvgIpc) is 2.35. The van der Waals surface area contributed by atoms with Crippen molar-refractivity contribution >= 4 is 27.3 Å². The molecule has 0 unspecified atom stereocenters. The minimum Gasteiger partial charge on any atom is -0.396 e. The lowest BCUT2D eigenvalue weighted by Crippen LogP contribution is -2.16. The van der Waals surface area contributed by atoms with Crippen molar-refractivity contribution in [2.24, 2.45) is 0 Å². The third-order valence-corrected chi connectivity index (χ3v) is 3.56. The van der Waals surface area contributed by atoms with Crippen LogP contribution >= 0.6 is 15.9 Å². The van der Waals surface area contributed by atoms with Gasteiger partial charge in [-0.3, -0.25) is 0 Å². The second kappa shape index (κ2) is 5.40. The first-order valence-electron chi connectivity index (χ1n) is 5.57. The molecule has 0 amide bonds. The Kier molecular flexibility index (Phi) is 3.87. The van der Waals surface area contributed by atoms with Crippen molar-refractivity contribution in [3.05, 3.63) is 58.3 Å². The van der Waals surface area contributed by atoms with Crippen molar-refractivity contribution in [2.75, 3.05) is 17.7 Å². The van der Waals surface area contributed by atoms with E-state index in [1.54, 1.807) is 6.07 Å². The van der Waals surface area contributed by atoms with E-state index in [2.05, 4.69) is 15.9 Å². The summed E-state index contributed by atoms with van der Waals surface area (Å²) in [5.41, 5.74) is 7.59. The molecule has 2 aromatic carbocycles. The molecule has 2 rings (SSSR count). The Morgan fingerprint density at radius 2 is 1.94 bits per heavy atom. The fraction of sp³-hybridized carbons (Fsp3) is 0.143. The Labute approximate surface area is 114 Å².